The molecule has 2 aromatic rings. The lowest BCUT2D eigenvalue weighted by Gasteiger charge is -2.43. The number of nitrogens with zero attached hydrogens (tertiary/aromatic N) is 2. The number of anilines is 1. The van der Waals surface area contributed by atoms with Gasteiger partial charge in [0.2, 0.25) is 0 Å². The van der Waals surface area contributed by atoms with Crippen LogP contribution in [0.15, 0.2) is 66.1 Å². The van der Waals surface area contributed by atoms with Crippen molar-refractivity contribution in [2.45, 2.75) is 76.2 Å². The Balaban J connectivity index is 1.75. The van der Waals surface area contributed by atoms with E-state index in [4.69, 9.17) is 26.2 Å². The summed E-state index contributed by atoms with van der Waals surface area (Å²) in [6.07, 6.45) is 10.4. The lowest BCUT2D eigenvalue weighted by atomic mass is 9.70. The van der Waals surface area contributed by atoms with Crippen LogP contribution < -0.4 is 14.8 Å². The highest BCUT2D eigenvalue weighted by Crippen LogP contribution is 2.42. The van der Waals surface area contributed by atoms with Crippen molar-refractivity contribution >= 4 is 33.1 Å². The number of hydrogen-bond donors (Lipinski definition) is 1. The maximum Gasteiger partial charge on any atom is 0.286 e. The van der Waals surface area contributed by atoms with Crippen LogP contribution in [0.1, 0.15) is 73.4 Å². The largest absolute Gasteiger partial charge is 0.491 e. The van der Waals surface area contributed by atoms with Crippen LogP contribution in [0.25, 0.3) is 0 Å². The van der Waals surface area contributed by atoms with Gasteiger partial charge in [-0.2, -0.15) is 0 Å². The summed E-state index contributed by atoms with van der Waals surface area (Å²) in [6.45, 7) is 11.6. The average Bonchev–Trinajstić information content (AvgIpc) is 3.00. The lowest BCUT2D eigenvalue weighted by Crippen LogP contribution is -2.43. The third-order valence-corrected chi connectivity index (χ3v) is 11.1. The molecule has 1 heterocycles. The highest BCUT2D eigenvalue weighted by atomic mass is 35.5. The van der Waals surface area contributed by atoms with Gasteiger partial charge in [-0.1, -0.05) is 36.7 Å². The van der Waals surface area contributed by atoms with Gasteiger partial charge in [0.05, 0.1) is 23.6 Å². The second-order valence-electron chi connectivity index (χ2n) is 11.6. The molecule has 5 unspecified atom stereocenters. The molecule has 0 spiro atoms. The third-order valence-electron chi connectivity index (χ3n) is 8.88. The molecule has 9 heteroatoms. The number of amides is 1. The Morgan fingerprint density at radius 1 is 1.23 bits per heavy atom. The number of halogens is 1. The number of benzene rings is 2. The van der Waals surface area contributed by atoms with Crippen molar-refractivity contribution in [1.82, 2.24) is 0 Å². The number of nitrogens with two attached hydrogens (primary N) is 1. The van der Waals surface area contributed by atoms with E-state index < -0.39 is 21.1 Å². The smallest absolute Gasteiger partial charge is 0.286 e. The Morgan fingerprint density at radius 3 is 2.72 bits per heavy atom. The van der Waals surface area contributed by atoms with Crippen LogP contribution in [0.4, 0.5) is 5.69 Å². The van der Waals surface area contributed by atoms with Crippen LogP contribution in [0.2, 0.25) is 5.02 Å². The summed E-state index contributed by atoms with van der Waals surface area (Å²) < 4.78 is 29.5. The number of hydrogen-bond acceptors (Lipinski definition) is 5. The Hall–Kier alpha value is -2.65. The first-order chi connectivity index (χ1) is 20.7. The number of aryl methyl sites for hydroxylation is 1. The molecule has 0 bridgehead atoms. The molecule has 1 aliphatic carbocycles. The first-order valence-corrected chi connectivity index (χ1v) is 17.4. The molecule has 1 fully saturated rings. The van der Waals surface area contributed by atoms with Gasteiger partial charge >= 0.3 is 0 Å². The second-order valence-corrected chi connectivity index (χ2v) is 14.1. The second kappa shape index (κ2) is 15.4. The van der Waals surface area contributed by atoms with Gasteiger partial charge in [0.15, 0.2) is 0 Å². The van der Waals surface area contributed by atoms with Crippen LogP contribution in [0.3, 0.4) is 0 Å². The number of methoxy groups -OCH3 is 1. The number of carbonyl (C=O) groups is 1. The summed E-state index contributed by atoms with van der Waals surface area (Å²) in [5.41, 5.74) is 3.56. The molecule has 4 rings (SSSR count). The predicted molar refractivity (Wildman–Crippen MR) is 177 cm³/mol. The molecule has 2 aliphatic rings. The maximum absolute atomic E-state index is 13.5. The zero-order valence-electron chi connectivity index (χ0n) is 25.5. The quantitative estimate of drug-likeness (QED) is 0.260. The zero-order valence-corrected chi connectivity index (χ0v) is 27.1. The van der Waals surface area contributed by atoms with Gasteiger partial charge in [-0.3, -0.25) is 4.79 Å². The van der Waals surface area contributed by atoms with Crippen molar-refractivity contribution < 1.29 is 18.5 Å². The van der Waals surface area contributed by atoms with Gasteiger partial charge in [0.1, 0.15) is 15.7 Å². The van der Waals surface area contributed by atoms with E-state index in [9.17, 15) is 9.00 Å². The molecule has 234 valence electrons. The van der Waals surface area contributed by atoms with Crippen LogP contribution >= 0.6 is 11.6 Å². The molecule has 7 nitrogen and oxygen atoms in total. The number of ether oxygens (including phenoxy) is 2. The van der Waals surface area contributed by atoms with Crippen molar-refractivity contribution in [3.05, 3.63) is 83.4 Å². The normalized spacial score (nSPS) is 21.3. The van der Waals surface area contributed by atoms with Crippen LogP contribution in [0.5, 0.6) is 5.75 Å². The molecule has 2 N–H and O–H groups in total. The minimum absolute atomic E-state index is 0.0125. The molecule has 0 aromatic heterocycles. The summed E-state index contributed by atoms with van der Waals surface area (Å²) >= 11 is 6.42. The summed E-state index contributed by atoms with van der Waals surface area (Å²) in [7, 11) is -1.51. The summed E-state index contributed by atoms with van der Waals surface area (Å²) in [5.74, 6) is 0.862. The fraction of sp³-hybridized carbons (Fsp3) is 0.500. The van der Waals surface area contributed by atoms with E-state index in [-0.39, 0.29) is 6.10 Å². The van der Waals surface area contributed by atoms with Crippen molar-refractivity contribution in [3.8, 4) is 5.75 Å². The molecule has 0 saturated heterocycles. The first kappa shape index (κ1) is 33.2. The van der Waals surface area contributed by atoms with Crippen LogP contribution in [-0.2, 0) is 27.6 Å². The monoisotopic (exact) mass is 627 g/mol. The maximum atomic E-state index is 13.5. The van der Waals surface area contributed by atoms with Gasteiger partial charge < -0.3 is 14.4 Å². The standard InChI is InChI=1S/C34H46ClN3O4S/c1-5-8-12-29(6-2)43(36,40)37-34(39)25-15-18-33-31(21-25)38(23-27-14-17-30(27)32(7-3)41-4)22-26-13-16-28(35)20-24(26)11-9-10-19-42-33/h5,7,13,15-16,18,20-21,27,29-30,32H,1,3,6,8-12,14,17,19,22-23H2,2,4H3,(H2,36,37,39,40). The van der Waals surface area contributed by atoms with Gasteiger partial charge in [-0.15, -0.1) is 17.5 Å². The fourth-order valence-electron chi connectivity index (χ4n) is 6.21. The number of fused-ring (bicyclic) bond motifs is 2. The Kier molecular flexibility index (Phi) is 11.9. The number of carbonyl (C=O) groups excluding carboxylic acids is 1. The Bertz CT molecular complexity index is 1420. The minimum Gasteiger partial charge on any atom is -0.491 e. The molecular weight excluding hydrogens is 582 g/mol. The molecule has 2 aromatic carbocycles. The Labute approximate surface area is 262 Å². The predicted octanol–water partition coefficient (Wildman–Crippen LogP) is 7.52. The molecule has 43 heavy (non-hydrogen) atoms. The van der Waals surface area contributed by atoms with Crippen molar-refractivity contribution in [1.29, 1.82) is 0 Å². The Morgan fingerprint density at radius 2 is 2.05 bits per heavy atom. The van der Waals surface area contributed by atoms with Gasteiger partial charge in [0.25, 0.3) is 5.91 Å². The van der Waals surface area contributed by atoms with Gasteiger partial charge in [-0.25, -0.2) is 9.35 Å². The van der Waals surface area contributed by atoms with Gasteiger partial charge in [0, 0.05) is 30.8 Å². The van der Waals surface area contributed by atoms with E-state index in [1.807, 2.05) is 31.2 Å². The number of allylic oxidation sites excluding steroid dienone is 1. The highest BCUT2D eigenvalue weighted by Gasteiger charge is 2.37. The summed E-state index contributed by atoms with van der Waals surface area (Å²) in [4.78, 5) is 15.8. The topological polar surface area (TPSA) is 94.2 Å². The summed E-state index contributed by atoms with van der Waals surface area (Å²) in [6, 6.07) is 11.5. The first-order valence-electron chi connectivity index (χ1n) is 15.3. The van der Waals surface area contributed by atoms with Crippen molar-refractivity contribution in [2.24, 2.45) is 21.3 Å². The molecule has 1 saturated carbocycles. The van der Waals surface area contributed by atoms with E-state index in [2.05, 4.69) is 34.6 Å². The van der Waals surface area contributed by atoms with E-state index >= 15 is 0 Å². The van der Waals surface area contributed by atoms with E-state index in [1.165, 1.54) is 11.1 Å². The molecule has 0 radical (unpaired) electrons. The van der Waals surface area contributed by atoms with Crippen LogP contribution in [-0.4, -0.2) is 41.7 Å². The zero-order chi connectivity index (χ0) is 31.0. The van der Waals surface area contributed by atoms with E-state index in [0.717, 1.165) is 49.4 Å². The molecule has 1 aliphatic heterocycles. The highest BCUT2D eigenvalue weighted by molar-refractivity contribution is 7.92. The van der Waals surface area contributed by atoms with Crippen LogP contribution in [0, 0.1) is 11.8 Å². The van der Waals surface area contributed by atoms with Crippen molar-refractivity contribution in [3.63, 3.8) is 0 Å². The molecule has 5 atom stereocenters. The van der Waals surface area contributed by atoms with Gasteiger partial charge in [-0.05, 0) is 105 Å². The van der Waals surface area contributed by atoms with Crippen molar-refractivity contribution in [2.75, 3.05) is 25.2 Å². The SMILES string of the molecule is C=CCCC(CC)S(N)(=O)=NC(=O)c1ccc2c(c1)N(CC1CCC1C(C=C)OC)Cc1ccc(Cl)cc1CCCCO2. The lowest BCUT2D eigenvalue weighted by molar-refractivity contribution is 0.0137. The molecule has 1 amide bonds. The van der Waals surface area contributed by atoms with E-state index in [1.54, 1.807) is 19.3 Å². The minimum atomic E-state index is -3.24. The summed E-state index contributed by atoms with van der Waals surface area (Å²) in [5, 5.41) is 6.51. The molecular formula is C34H46ClN3O4S. The fourth-order valence-corrected chi connectivity index (χ4v) is 7.87. The van der Waals surface area contributed by atoms with E-state index in [0.29, 0.717) is 55.6 Å². The average molecular weight is 628 g/mol. The third kappa shape index (κ3) is 8.29. The number of rotatable bonds is 11.